The molecule has 0 aliphatic carbocycles. The van der Waals surface area contributed by atoms with Crippen molar-refractivity contribution < 1.29 is 23.0 Å². The minimum absolute atomic E-state index is 0.283. The summed E-state index contributed by atoms with van der Waals surface area (Å²) in [4.78, 5) is 0.478. The summed E-state index contributed by atoms with van der Waals surface area (Å²) in [6.45, 7) is 0. The Morgan fingerprint density at radius 2 is 2.00 bits per heavy atom. The van der Waals surface area contributed by atoms with E-state index in [1.165, 1.54) is 29.5 Å². The van der Waals surface area contributed by atoms with E-state index in [2.05, 4.69) is 4.74 Å². The first-order valence-electron chi connectivity index (χ1n) is 5.13. The van der Waals surface area contributed by atoms with Gasteiger partial charge < -0.3 is 9.84 Å². The summed E-state index contributed by atoms with van der Waals surface area (Å²) in [5.41, 5.74) is 0.283. The molecule has 0 saturated heterocycles. The normalized spacial score (nSPS) is 13.3. The number of benzene rings is 1. The molecule has 1 N–H and O–H groups in total. The minimum Gasteiger partial charge on any atom is -0.406 e. The van der Waals surface area contributed by atoms with Crippen LogP contribution in [0.3, 0.4) is 0 Å². The van der Waals surface area contributed by atoms with Gasteiger partial charge in [0, 0.05) is 0 Å². The Balaban J connectivity index is 2.26. The van der Waals surface area contributed by atoms with E-state index < -0.39 is 12.5 Å². The Morgan fingerprint density at radius 1 is 1.26 bits per heavy atom. The van der Waals surface area contributed by atoms with E-state index in [0.29, 0.717) is 9.90 Å². The van der Waals surface area contributed by atoms with Crippen LogP contribution in [0.5, 0.6) is 5.75 Å². The number of aliphatic hydroxyl groups excluding tert-OH is 1. The number of rotatable bonds is 3. The lowest BCUT2D eigenvalue weighted by atomic mass is 10.1. The Labute approximate surface area is 116 Å². The lowest BCUT2D eigenvalue weighted by Gasteiger charge is -2.13. The molecule has 2 rings (SSSR count). The van der Waals surface area contributed by atoms with Crippen molar-refractivity contribution in [1.82, 2.24) is 0 Å². The van der Waals surface area contributed by atoms with Gasteiger partial charge in [0.05, 0.1) is 9.90 Å². The van der Waals surface area contributed by atoms with Crippen molar-refractivity contribution in [3.05, 3.63) is 51.2 Å². The van der Waals surface area contributed by atoms with E-state index in [1.807, 2.05) is 0 Å². The van der Waals surface area contributed by atoms with Crippen molar-refractivity contribution >= 4 is 22.9 Å². The van der Waals surface area contributed by atoms with E-state index in [9.17, 15) is 18.3 Å². The fourth-order valence-electron chi connectivity index (χ4n) is 1.53. The van der Waals surface area contributed by atoms with Crippen LogP contribution >= 0.6 is 22.9 Å². The van der Waals surface area contributed by atoms with Gasteiger partial charge in [0.25, 0.3) is 0 Å². The predicted octanol–water partition coefficient (Wildman–Crippen LogP) is 4.38. The molecule has 0 saturated carbocycles. The molecule has 0 spiro atoms. The van der Waals surface area contributed by atoms with Crippen LogP contribution in [0.15, 0.2) is 35.7 Å². The van der Waals surface area contributed by atoms with E-state index in [1.54, 1.807) is 11.4 Å². The second kappa shape index (κ2) is 5.40. The summed E-state index contributed by atoms with van der Waals surface area (Å²) in [6, 6.07) is 6.79. The second-order valence-electron chi connectivity index (χ2n) is 3.66. The average molecular weight is 309 g/mol. The maximum absolute atomic E-state index is 12.1. The number of hydrogen-bond acceptors (Lipinski definition) is 3. The number of ether oxygens (including phenoxy) is 1. The Morgan fingerprint density at radius 3 is 2.58 bits per heavy atom. The van der Waals surface area contributed by atoms with Crippen molar-refractivity contribution in [2.75, 3.05) is 0 Å². The van der Waals surface area contributed by atoms with Crippen molar-refractivity contribution in [2.24, 2.45) is 0 Å². The van der Waals surface area contributed by atoms with E-state index in [0.717, 1.165) is 6.07 Å². The highest BCUT2D eigenvalue weighted by molar-refractivity contribution is 7.10. The zero-order valence-electron chi connectivity index (χ0n) is 9.32. The van der Waals surface area contributed by atoms with E-state index >= 15 is 0 Å². The molecule has 1 aromatic carbocycles. The third kappa shape index (κ3) is 3.62. The molecule has 0 radical (unpaired) electrons. The molecule has 0 aliphatic heterocycles. The van der Waals surface area contributed by atoms with Gasteiger partial charge >= 0.3 is 6.36 Å². The number of thiophene rings is 1. The Hall–Kier alpha value is -1.24. The monoisotopic (exact) mass is 308 g/mol. The van der Waals surface area contributed by atoms with Gasteiger partial charge in [-0.2, -0.15) is 0 Å². The lowest BCUT2D eigenvalue weighted by Crippen LogP contribution is -2.17. The molecule has 19 heavy (non-hydrogen) atoms. The summed E-state index contributed by atoms with van der Waals surface area (Å²) in [5, 5.41) is 12.1. The fraction of sp³-hybridized carbons (Fsp3) is 0.167. The molecule has 1 unspecified atom stereocenters. The topological polar surface area (TPSA) is 29.5 Å². The molecule has 2 aromatic rings. The molecule has 7 heteroatoms. The van der Waals surface area contributed by atoms with Crippen LogP contribution in [0.1, 0.15) is 16.5 Å². The number of halogens is 4. The summed E-state index contributed by atoms with van der Waals surface area (Å²) in [7, 11) is 0. The third-order valence-corrected chi connectivity index (χ3v) is 3.71. The van der Waals surface area contributed by atoms with Gasteiger partial charge in [-0.1, -0.05) is 23.7 Å². The van der Waals surface area contributed by atoms with Gasteiger partial charge in [-0.3, -0.25) is 0 Å². The Bertz CT molecular complexity index is 568. The maximum atomic E-state index is 12.1. The zero-order chi connectivity index (χ0) is 14.0. The number of alkyl halides is 3. The zero-order valence-corrected chi connectivity index (χ0v) is 10.9. The molecule has 0 amide bonds. The molecule has 0 fully saturated rings. The molecular formula is C12H8ClF3O2S. The smallest absolute Gasteiger partial charge is 0.406 e. The van der Waals surface area contributed by atoms with Gasteiger partial charge in [0.1, 0.15) is 11.9 Å². The first-order valence-corrected chi connectivity index (χ1v) is 6.39. The van der Waals surface area contributed by atoms with Crippen LogP contribution in [0.2, 0.25) is 5.02 Å². The van der Waals surface area contributed by atoms with Crippen LogP contribution in [-0.4, -0.2) is 11.5 Å². The van der Waals surface area contributed by atoms with Crippen molar-refractivity contribution in [3.8, 4) is 5.75 Å². The molecule has 0 aliphatic rings. The van der Waals surface area contributed by atoms with Gasteiger partial charge in [-0.05, 0) is 29.1 Å². The van der Waals surface area contributed by atoms with Crippen LogP contribution in [-0.2, 0) is 0 Å². The van der Waals surface area contributed by atoms with Crippen molar-refractivity contribution in [2.45, 2.75) is 12.5 Å². The molecule has 1 aromatic heterocycles. The SMILES string of the molecule is OC(c1cccc(OC(F)(F)F)c1)c1sccc1Cl. The van der Waals surface area contributed by atoms with E-state index in [4.69, 9.17) is 11.6 Å². The molecule has 1 heterocycles. The molecule has 0 bridgehead atoms. The van der Waals surface area contributed by atoms with Crippen molar-refractivity contribution in [3.63, 3.8) is 0 Å². The minimum atomic E-state index is -4.76. The van der Waals surface area contributed by atoms with Crippen molar-refractivity contribution in [1.29, 1.82) is 0 Å². The first-order chi connectivity index (χ1) is 8.87. The number of hydrogen-bond donors (Lipinski definition) is 1. The van der Waals surface area contributed by atoms with Crippen LogP contribution in [0.4, 0.5) is 13.2 Å². The van der Waals surface area contributed by atoms with Gasteiger partial charge in [-0.15, -0.1) is 24.5 Å². The second-order valence-corrected chi connectivity index (χ2v) is 5.01. The quantitative estimate of drug-likeness (QED) is 0.911. The fourth-order valence-corrected chi connectivity index (χ4v) is 2.70. The Kier molecular flexibility index (Phi) is 4.03. The first kappa shape index (κ1) is 14.2. The molecule has 1 atom stereocenters. The molecule has 2 nitrogen and oxygen atoms in total. The van der Waals surface area contributed by atoms with Gasteiger partial charge in [0.2, 0.25) is 0 Å². The highest BCUT2D eigenvalue weighted by atomic mass is 35.5. The lowest BCUT2D eigenvalue weighted by molar-refractivity contribution is -0.274. The highest BCUT2D eigenvalue weighted by Gasteiger charge is 2.31. The molecule has 102 valence electrons. The van der Waals surface area contributed by atoms with Gasteiger partial charge in [-0.25, -0.2) is 0 Å². The summed E-state index contributed by atoms with van der Waals surface area (Å²) in [6.07, 6.45) is -5.84. The number of aliphatic hydroxyl groups is 1. The summed E-state index contributed by atoms with van der Waals surface area (Å²) < 4.78 is 40.1. The highest BCUT2D eigenvalue weighted by Crippen LogP contribution is 2.34. The van der Waals surface area contributed by atoms with Crippen LogP contribution in [0, 0.1) is 0 Å². The standard InChI is InChI=1S/C12H8ClF3O2S/c13-9-4-5-19-11(9)10(17)7-2-1-3-8(6-7)18-12(14,15)16/h1-6,10,17H. The van der Waals surface area contributed by atoms with Gasteiger partial charge in [0.15, 0.2) is 0 Å². The van der Waals surface area contributed by atoms with Crippen LogP contribution < -0.4 is 4.74 Å². The largest absolute Gasteiger partial charge is 0.573 e. The maximum Gasteiger partial charge on any atom is 0.573 e. The third-order valence-electron chi connectivity index (χ3n) is 2.30. The summed E-state index contributed by atoms with van der Waals surface area (Å²) in [5.74, 6) is -0.378. The summed E-state index contributed by atoms with van der Waals surface area (Å²) >= 11 is 7.10. The average Bonchev–Trinajstić information content (AvgIpc) is 2.72. The molecular weight excluding hydrogens is 301 g/mol. The van der Waals surface area contributed by atoms with Crippen LogP contribution in [0.25, 0.3) is 0 Å². The van der Waals surface area contributed by atoms with E-state index in [-0.39, 0.29) is 11.3 Å². The predicted molar refractivity (Wildman–Crippen MR) is 66.5 cm³/mol.